The maximum Gasteiger partial charge on any atom is 0.514 e. The third-order valence-electron chi connectivity index (χ3n) is 11.4. The van der Waals surface area contributed by atoms with Gasteiger partial charge < -0.3 is 33.7 Å². The molecule has 2 aliphatic heterocycles. The monoisotopic (exact) mass is 737 g/mol. The number of piperidine rings is 1. The van der Waals surface area contributed by atoms with Crippen molar-refractivity contribution in [3.63, 3.8) is 0 Å². The molecule has 0 radical (unpaired) electrons. The molecule has 0 amide bonds. The van der Waals surface area contributed by atoms with Gasteiger partial charge in [-0.15, -0.1) is 0 Å². The minimum Gasteiger partial charge on any atom is -0.477 e. The van der Waals surface area contributed by atoms with E-state index in [0.29, 0.717) is 31.6 Å². The van der Waals surface area contributed by atoms with Gasteiger partial charge in [0.05, 0.1) is 11.0 Å². The van der Waals surface area contributed by atoms with E-state index >= 15 is 0 Å². The Morgan fingerprint density at radius 2 is 1.64 bits per heavy atom. The van der Waals surface area contributed by atoms with Crippen molar-refractivity contribution >= 4 is 18.1 Å². The molecule has 1 saturated heterocycles. The average Bonchev–Trinajstić information content (AvgIpc) is 3.45. The van der Waals surface area contributed by atoms with Crippen LogP contribution in [0.15, 0.2) is 36.1 Å². The van der Waals surface area contributed by atoms with Gasteiger partial charge in [0.15, 0.2) is 23.7 Å². The molecule has 10 nitrogen and oxygen atoms in total. The first-order chi connectivity index (χ1) is 25.3. The highest BCUT2D eigenvalue weighted by molar-refractivity contribution is 5.80. The summed E-state index contributed by atoms with van der Waals surface area (Å²) in [5.41, 5.74) is -1.13. The standard InChI is InChI=1S/C43H63NO9/c1-7-8-9-10-11-12-13-14-15-16-17-18-19-20-21-22-35(45)49-30(2)39(46)50-33-25-26-43(48)34-29-31-23-24-32(51-40(47)53-41(3,4)5)37-36(31)42(43,38(33)52-37)27-28-44(34)6/h14-15,23-25,30,34,38,48H,7-13,16-22,26-29H2,1-6H3/b15-14-/t30-,34-,38-,42-,43+/m0/s1. The maximum atomic E-state index is 13.4. The molecule has 4 aliphatic rings. The molecule has 2 bridgehead atoms. The predicted molar refractivity (Wildman–Crippen MR) is 203 cm³/mol. The van der Waals surface area contributed by atoms with Crippen molar-refractivity contribution in [3.8, 4) is 11.5 Å². The third-order valence-corrected chi connectivity index (χ3v) is 11.4. The number of hydrogen-bond acceptors (Lipinski definition) is 10. The van der Waals surface area contributed by atoms with Crippen molar-refractivity contribution in [1.29, 1.82) is 0 Å². The molecule has 1 spiro atoms. The van der Waals surface area contributed by atoms with Crippen LogP contribution in [0, 0.1) is 0 Å². The van der Waals surface area contributed by atoms with Crippen molar-refractivity contribution in [2.45, 2.75) is 179 Å². The molecular weight excluding hydrogens is 674 g/mol. The van der Waals surface area contributed by atoms with E-state index in [1.165, 1.54) is 51.9 Å². The molecule has 294 valence electrons. The Labute approximate surface area is 316 Å². The number of carbonyl (C=O) groups is 3. The van der Waals surface area contributed by atoms with Crippen LogP contribution in [0.1, 0.15) is 148 Å². The van der Waals surface area contributed by atoms with Crippen molar-refractivity contribution < 1.29 is 43.2 Å². The van der Waals surface area contributed by atoms with E-state index < -0.39 is 46.9 Å². The van der Waals surface area contributed by atoms with Gasteiger partial charge in [0.25, 0.3) is 0 Å². The first-order valence-electron chi connectivity index (χ1n) is 20.2. The van der Waals surface area contributed by atoms with Gasteiger partial charge in [-0.3, -0.25) is 4.79 Å². The van der Waals surface area contributed by atoms with Crippen LogP contribution in [0.2, 0.25) is 0 Å². The number of aliphatic hydroxyl groups is 1. The van der Waals surface area contributed by atoms with E-state index in [0.717, 1.165) is 43.2 Å². The quantitative estimate of drug-likeness (QED) is 0.0485. The first kappa shape index (κ1) is 40.8. The molecule has 1 N–H and O–H groups in total. The lowest BCUT2D eigenvalue weighted by Gasteiger charge is -2.61. The zero-order chi connectivity index (χ0) is 38.2. The molecule has 10 heteroatoms. The van der Waals surface area contributed by atoms with E-state index in [1.807, 2.05) is 13.1 Å². The second-order valence-electron chi connectivity index (χ2n) is 16.5. The lowest BCUT2D eigenvalue weighted by molar-refractivity contribution is -0.175. The summed E-state index contributed by atoms with van der Waals surface area (Å²) < 4.78 is 29.1. The lowest BCUT2D eigenvalue weighted by atomic mass is 9.50. The van der Waals surface area contributed by atoms with Gasteiger partial charge in [-0.05, 0) is 104 Å². The number of ether oxygens (including phenoxy) is 5. The van der Waals surface area contributed by atoms with Gasteiger partial charge in [-0.25, -0.2) is 9.59 Å². The lowest BCUT2D eigenvalue weighted by Crippen LogP contribution is -2.74. The average molecular weight is 738 g/mol. The van der Waals surface area contributed by atoms with Crippen LogP contribution in [-0.4, -0.2) is 71.1 Å². The minimum atomic E-state index is -1.22. The van der Waals surface area contributed by atoms with E-state index in [-0.39, 0.29) is 30.4 Å². The molecule has 53 heavy (non-hydrogen) atoms. The minimum absolute atomic E-state index is 0.185. The molecule has 0 unspecified atom stereocenters. The number of hydrogen-bond donors (Lipinski definition) is 1. The second-order valence-corrected chi connectivity index (χ2v) is 16.5. The Morgan fingerprint density at radius 3 is 2.32 bits per heavy atom. The van der Waals surface area contributed by atoms with E-state index in [1.54, 1.807) is 32.9 Å². The molecule has 1 aromatic carbocycles. The Hall–Kier alpha value is -3.37. The van der Waals surface area contributed by atoms with Crippen LogP contribution in [0.5, 0.6) is 11.5 Å². The fourth-order valence-corrected chi connectivity index (χ4v) is 8.71. The molecule has 1 fully saturated rings. The van der Waals surface area contributed by atoms with Gasteiger partial charge >= 0.3 is 18.1 Å². The summed E-state index contributed by atoms with van der Waals surface area (Å²) in [5, 5.41) is 12.5. The predicted octanol–water partition coefficient (Wildman–Crippen LogP) is 8.79. The van der Waals surface area contributed by atoms with E-state index in [4.69, 9.17) is 23.7 Å². The molecule has 2 heterocycles. The Kier molecular flexibility index (Phi) is 13.7. The van der Waals surface area contributed by atoms with Gasteiger partial charge in [0.2, 0.25) is 0 Å². The summed E-state index contributed by atoms with van der Waals surface area (Å²) in [6, 6.07) is 3.42. The van der Waals surface area contributed by atoms with E-state index in [2.05, 4.69) is 24.0 Å². The number of likely N-dealkylation sites (N-methyl/N-ethyl adjacent to an activating group) is 1. The molecule has 2 aliphatic carbocycles. The fourth-order valence-electron chi connectivity index (χ4n) is 8.71. The highest BCUT2D eigenvalue weighted by Crippen LogP contribution is 2.65. The highest BCUT2D eigenvalue weighted by atomic mass is 16.7. The topological polar surface area (TPSA) is 121 Å². The Balaban J connectivity index is 1.11. The molecular formula is C43H63NO9. The number of benzene rings is 1. The number of carbonyl (C=O) groups excluding carboxylic acids is 3. The van der Waals surface area contributed by atoms with E-state index in [9.17, 15) is 19.5 Å². The van der Waals surface area contributed by atoms with Crippen molar-refractivity contribution in [1.82, 2.24) is 4.90 Å². The van der Waals surface area contributed by atoms with Gasteiger partial charge in [0.1, 0.15) is 11.4 Å². The van der Waals surface area contributed by atoms with Crippen LogP contribution in [0.3, 0.4) is 0 Å². The summed E-state index contributed by atoms with van der Waals surface area (Å²) in [6.45, 7) is 9.72. The number of rotatable bonds is 19. The zero-order valence-corrected chi connectivity index (χ0v) is 33.0. The van der Waals surface area contributed by atoms with Crippen molar-refractivity contribution in [2.24, 2.45) is 0 Å². The Bertz CT molecular complexity index is 1510. The molecule has 5 atom stereocenters. The smallest absolute Gasteiger partial charge is 0.477 e. The maximum absolute atomic E-state index is 13.4. The SMILES string of the molecule is CCCCCCCC/C=C\CCCCCCCC(=O)O[C@@H](C)C(=O)OC1=CC[C@@]2(O)[C@@H]3Cc4ccc(OC(=O)OC(C)(C)C)c5c4[C@@]2(CCN3C)[C@H]1O5. The number of allylic oxidation sites excluding steroid dienone is 2. The number of esters is 2. The highest BCUT2D eigenvalue weighted by Gasteiger charge is 2.72. The van der Waals surface area contributed by atoms with Gasteiger partial charge in [-0.1, -0.05) is 76.5 Å². The summed E-state index contributed by atoms with van der Waals surface area (Å²) in [4.78, 5) is 40.9. The largest absolute Gasteiger partial charge is 0.514 e. The molecule has 0 saturated carbocycles. The number of unbranched alkanes of at least 4 members (excludes halogenated alkanes) is 11. The second kappa shape index (κ2) is 17.8. The summed E-state index contributed by atoms with van der Waals surface area (Å²) in [5.74, 6) is -0.342. The zero-order valence-electron chi connectivity index (χ0n) is 33.0. The summed E-state index contributed by atoms with van der Waals surface area (Å²) >= 11 is 0. The summed E-state index contributed by atoms with van der Waals surface area (Å²) in [6.07, 6.45) is 20.4. The normalized spacial score (nSPS) is 24.9. The van der Waals surface area contributed by atoms with Crippen molar-refractivity contribution in [2.75, 3.05) is 13.6 Å². The van der Waals surface area contributed by atoms with Crippen LogP contribution >= 0.6 is 0 Å². The number of likely N-dealkylation sites (tertiary alicyclic amines) is 1. The number of nitrogens with zero attached hydrogens (tertiary/aromatic N) is 1. The fraction of sp³-hybridized carbons (Fsp3) is 0.698. The van der Waals surface area contributed by atoms with Crippen LogP contribution in [-0.2, 0) is 35.6 Å². The first-order valence-corrected chi connectivity index (χ1v) is 20.2. The summed E-state index contributed by atoms with van der Waals surface area (Å²) in [7, 11) is 2.01. The van der Waals surface area contributed by atoms with Gasteiger partial charge in [0, 0.05) is 24.4 Å². The Morgan fingerprint density at radius 1 is 0.981 bits per heavy atom. The molecule has 5 rings (SSSR count). The third kappa shape index (κ3) is 9.30. The molecule has 1 aromatic rings. The van der Waals surface area contributed by atoms with Crippen molar-refractivity contribution in [3.05, 3.63) is 47.2 Å². The van der Waals surface area contributed by atoms with Crippen LogP contribution in [0.25, 0.3) is 0 Å². The van der Waals surface area contributed by atoms with Crippen LogP contribution < -0.4 is 9.47 Å². The van der Waals surface area contributed by atoms with Crippen LogP contribution in [0.4, 0.5) is 4.79 Å². The molecule has 0 aromatic heterocycles. The van der Waals surface area contributed by atoms with Gasteiger partial charge in [-0.2, -0.15) is 0 Å².